The molecule has 28 heavy (non-hydrogen) atoms. The van der Waals surface area contributed by atoms with E-state index in [2.05, 4.69) is 15.0 Å². The number of aromatic nitrogens is 1. The zero-order chi connectivity index (χ0) is 19.9. The number of nitrogens with one attached hydrogen (secondary N) is 1. The molecule has 2 aromatic carbocycles. The molecule has 8 heteroatoms. The molecule has 0 saturated carbocycles. The van der Waals surface area contributed by atoms with E-state index >= 15 is 0 Å². The van der Waals surface area contributed by atoms with Gasteiger partial charge in [-0.3, -0.25) is 4.79 Å². The molecule has 0 unspecified atom stereocenters. The maximum Gasteiger partial charge on any atom is 0.358 e. The van der Waals surface area contributed by atoms with E-state index < -0.39 is 24.5 Å². The molecule has 7 nitrogen and oxygen atoms in total. The highest BCUT2D eigenvalue weighted by atomic mass is 32.1. The summed E-state index contributed by atoms with van der Waals surface area (Å²) in [5.74, 6) is -1.64. The summed E-state index contributed by atoms with van der Waals surface area (Å²) in [5.41, 5.74) is 1.89. The Labute approximate surface area is 164 Å². The number of methoxy groups -OCH3 is 1. The highest BCUT2D eigenvalue weighted by Gasteiger charge is 2.15. The van der Waals surface area contributed by atoms with Crippen molar-refractivity contribution < 1.29 is 23.9 Å². The average Bonchev–Trinajstić information content (AvgIpc) is 3.23. The molecule has 3 aromatic rings. The molecule has 142 valence electrons. The van der Waals surface area contributed by atoms with Crippen LogP contribution in [0.4, 0.5) is 5.69 Å². The third-order valence-electron chi connectivity index (χ3n) is 3.66. The molecule has 0 bridgehead atoms. The van der Waals surface area contributed by atoms with Crippen molar-refractivity contribution in [2.45, 2.75) is 0 Å². The first-order chi connectivity index (χ1) is 13.6. The lowest BCUT2D eigenvalue weighted by Gasteiger charge is -2.06. The van der Waals surface area contributed by atoms with Gasteiger partial charge in [-0.2, -0.15) is 0 Å². The Hall–Kier alpha value is -3.52. The van der Waals surface area contributed by atoms with Crippen molar-refractivity contribution in [2.75, 3.05) is 19.0 Å². The van der Waals surface area contributed by atoms with E-state index in [1.54, 1.807) is 17.5 Å². The zero-order valence-corrected chi connectivity index (χ0v) is 15.7. The Bertz CT molecular complexity index is 983. The number of ether oxygens (including phenoxy) is 2. The van der Waals surface area contributed by atoms with Crippen molar-refractivity contribution in [3.05, 3.63) is 71.2 Å². The summed E-state index contributed by atoms with van der Waals surface area (Å²) in [4.78, 5) is 39.7. The van der Waals surface area contributed by atoms with Gasteiger partial charge in [0.2, 0.25) is 0 Å². The van der Waals surface area contributed by atoms with Crippen molar-refractivity contribution >= 4 is 34.9 Å². The number of esters is 2. The molecule has 0 radical (unpaired) electrons. The van der Waals surface area contributed by atoms with Gasteiger partial charge in [0.25, 0.3) is 5.91 Å². The van der Waals surface area contributed by atoms with Crippen LogP contribution in [0.2, 0.25) is 0 Å². The molecule has 0 aliphatic heterocycles. The number of amides is 1. The quantitative estimate of drug-likeness (QED) is 0.642. The summed E-state index contributed by atoms with van der Waals surface area (Å²) in [6, 6.07) is 15.6. The van der Waals surface area contributed by atoms with Crippen LogP contribution in [0.15, 0.2) is 60.0 Å². The Morgan fingerprint density at radius 1 is 1.00 bits per heavy atom. The topological polar surface area (TPSA) is 94.6 Å². The van der Waals surface area contributed by atoms with Crippen molar-refractivity contribution in [1.82, 2.24) is 4.98 Å². The van der Waals surface area contributed by atoms with Crippen LogP contribution < -0.4 is 5.32 Å². The van der Waals surface area contributed by atoms with E-state index in [1.165, 1.54) is 30.6 Å². The number of anilines is 1. The van der Waals surface area contributed by atoms with Crippen LogP contribution in [0.25, 0.3) is 10.6 Å². The minimum atomic E-state index is -0.672. The molecule has 1 aromatic heterocycles. The molecule has 0 aliphatic rings. The number of hydrogen-bond acceptors (Lipinski definition) is 7. The monoisotopic (exact) mass is 396 g/mol. The first kappa shape index (κ1) is 19.2. The highest BCUT2D eigenvalue weighted by Crippen LogP contribution is 2.23. The lowest BCUT2D eigenvalue weighted by Crippen LogP contribution is -2.21. The number of rotatable bonds is 6. The second kappa shape index (κ2) is 8.92. The summed E-state index contributed by atoms with van der Waals surface area (Å²) in [7, 11) is 1.29. The fraction of sp³-hybridized carbons (Fsp3) is 0.100. The highest BCUT2D eigenvalue weighted by molar-refractivity contribution is 7.13. The van der Waals surface area contributed by atoms with E-state index in [0.29, 0.717) is 16.3 Å². The number of carbonyl (C=O) groups is 3. The predicted octanol–water partition coefficient (Wildman–Crippen LogP) is 3.39. The molecule has 0 atom stereocenters. The third kappa shape index (κ3) is 4.80. The van der Waals surface area contributed by atoms with Gasteiger partial charge in [0.05, 0.1) is 12.7 Å². The van der Waals surface area contributed by atoms with Gasteiger partial charge < -0.3 is 14.8 Å². The summed E-state index contributed by atoms with van der Waals surface area (Å²) in [6.07, 6.45) is 0. The van der Waals surface area contributed by atoms with Crippen LogP contribution in [0.5, 0.6) is 0 Å². The number of benzene rings is 2. The number of thiazole rings is 1. The Morgan fingerprint density at radius 2 is 1.71 bits per heavy atom. The molecular weight excluding hydrogens is 380 g/mol. The number of nitrogens with zero attached hydrogens (tertiary/aromatic N) is 1. The summed E-state index contributed by atoms with van der Waals surface area (Å²) < 4.78 is 9.61. The Morgan fingerprint density at radius 3 is 2.39 bits per heavy atom. The fourth-order valence-corrected chi connectivity index (χ4v) is 3.09. The minimum absolute atomic E-state index is 0.152. The van der Waals surface area contributed by atoms with E-state index in [0.717, 1.165) is 5.56 Å². The van der Waals surface area contributed by atoms with E-state index in [4.69, 9.17) is 4.74 Å². The molecule has 1 amide bonds. The van der Waals surface area contributed by atoms with Gasteiger partial charge in [-0.1, -0.05) is 30.3 Å². The van der Waals surface area contributed by atoms with Crippen molar-refractivity contribution in [3.63, 3.8) is 0 Å². The second-order valence-corrected chi connectivity index (χ2v) is 6.46. The predicted molar refractivity (Wildman–Crippen MR) is 104 cm³/mol. The van der Waals surface area contributed by atoms with Crippen LogP contribution in [0.1, 0.15) is 20.8 Å². The summed E-state index contributed by atoms with van der Waals surface area (Å²) >= 11 is 1.32. The normalized spacial score (nSPS) is 10.2. The van der Waals surface area contributed by atoms with E-state index in [-0.39, 0.29) is 5.69 Å². The van der Waals surface area contributed by atoms with Crippen LogP contribution in [0.3, 0.4) is 0 Å². The van der Waals surface area contributed by atoms with Gasteiger partial charge in [-0.05, 0) is 24.3 Å². The van der Waals surface area contributed by atoms with Crippen LogP contribution in [0, 0.1) is 0 Å². The van der Waals surface area contributed by atoms with Gasteiger partial charge in [0, 0.05) is 16.6 Å². The fourth-order valence-electron chi connectivity index (χ4n) is 2.29. The maximum absolute atomic E-state index is 12.1. The van der Waals surface area contributed by atoms with Gasteiger partial charge in [-0.25, -0.2) is 14.6 Å². The Kier molecular flexibility index (Phi) is 6.13. The minimum Gasteiger partial charge on any atom is -0.465 e. The van der Waals surface area contributed by atoms with Crippen molar-refractivity contribution in [1.29, 1.82) is 0 Å². The van der Waals surface area contributed by atoms with E-state index in [9.17, 15) is 14.4 Å². The summed E-state index contributed by atoms with van der Waals surface area (Å²) in [5, 5.41) is 4.87. The lowest BCUT2D eigenvalue weighted by atomic mass is 10.2. The molecule has 0 saturated heterocycles. The maximum atomic E-state index is 12.1. The van der Waals surface area contributed by atoms with Crippen LogP contribution in [-0.2, 0) is 14.3 Å². The van der Waals surface area contributed by atoms with Crippen LogP contribution in [-0.4, -0.2) is 36.5 Å². The van der Waals surface area contributed by atoms with Gasteiger partial charge >= 0.3 is 11.9 Å². The zero-order valence-electron chi connectivity index (χ0n) is 14.9. The first-order valence-electron chi connectivity index (χ1n) is 8.23. The molecule has 3 rings (SSSR count). The molecule has 1 N–H and O–H groups in total. The number of carbonyl (C=O) groups excluding carboxylic acids is 3. The second-order valence-electron chi connectivity index (χ2n) is 5.60. The van der Waals surface area contributed by atoms with Gasteiger partial charge in [0.1, 0.15) is 5.01 Å². The number of hydrogen-bond donors (Lipinski definition) is 1. The molecular formula is C20H16N2O5S. The van der Waals surface area contributed by atoms with E-state index in [1.807, 2.05) is 30.3 Å². The molecule has 0 spiro atoms. The largest absolute Gasteiger partial charge is 0.465 e. The van der Waals surface area contributed by atoms with Crippen molar-refractivity contribution in [2.24, 2.45) is 0 Å². The molecule has 0 aliphatic carbocycles. The van der Waals surface area contributed by atoms with Gasteiger partial charge in [0.15, 0.2) is 12.3 Å². The van der Waals surface area contributed by atoms with Crippen LogP contribution >= 0.6 is 11.3 Å². The standard InChI is InChI=1S/C20H16N2O5S/c1-26-19(24)14-7-9-15(10-8-14)21-17(23)11-27-20(25)16-12-28-18(22-16)13-5-3-2-4-6-13/h2-10,12H,11H2,1H3,(H,21,23). The smallest absolute Gasteiger partial charge is 0.358 e. The third-order valence-corrected chi connectivity index (χ3v) is 4.55. The molecule has 1 heterocycles. The average molecular weight is 396 g/mol. The SMILES string of the molecule is COC(=O)c1ccc(NC(=O)COC(=O)c2csc(-c3ccccc3)n2)cc1. The molecule has 0 fully saturated rings. The first-order valence-corrected chi connectivity index (χ1v) is 9.11. The van der Waals surface area contributed by atoms with Gasteiger partial charge in [-0.15, -0.1) is 11.3 Å². The lowest BCUT2D eigenvalue weighted by molar-refractivity contribution is -0.119. The summed E-state index contributed by atoms with van der Waals surface area (Å²) in [6.45, 7) is -0.449. The van der Waals surface area contributed by atoms with Crippen molar-refractivity contribution in [3.8, 4) is 10.6 Å². The Balaban J connectivity index is 1.52.